The zero-order valence-electron chi connectivity index (χ0n) is 12.7. The van der Waals surface area contributed by atoms with Gasteiger partial charge in [-0.15, -0.1) is 0 Å². The van der Waals surface area contributed by atoms with Gasteiger partial charge in [-0.25, -0.2) is 0 Å². The van der Waals surface area contributed by atoms with Gasteiger partial charge in [-0.2, -0.15) is 0 Å². The van der Waals surface area contributed by atoms with Crippen molar-refractivity contribution in [2.24, 2.45) is 5.92 Å². The maximum Gasteiger partial charge on any atom is 0.0113 e. The van der Waals surface area contributed by atoms with Gasteiger partial charge in [0.2, 0.25) is 0 Å². The minimum atomic E-state index is 0.954. The minimum absolute atomic E-state index is 0.954. The smallest absolute Gasteiger partial charge is 0.0113 e. The van der Waals surface area contributed by atoms with E-state index in [0.717, 1.165) is 12.0 Å². The zero-order chi connectivity index (χ0) is 13.1. The fourth-order valence-corrected chi connectivity index (χ4v) is 3.91. The summed E-state index contributed by atoms with van der Waals surface area (Å²) < 4.78 is 0. The van der Waals surface area contributed by atoms with Gasteiger partial charge in [0.1, 0.15) is 0 Å². The number of piperidine rings is 1. The van der Waals surface area contributed by atoms with Crippen LogP contribution in [0, 0.1) is 5.92 Å². The van der Waals surface area contributed by atoms with E-state index in [1.807, 2.05) is 0 Å². The molecular formula is C16H31N3. The lowest BCUT2D eigenvalue weighted by Gasteiger charge is -2.44. The topological polar surface area (TPSA) is 9.72 Å². The van der Waals surface area contributed by atoms with Crippen LogP contribution in [0.25, 0.3) is 0 Å². The van der Waals surface area contributed by atoms with Crippen molar-refractivity contribution in [3.05, 3.63) is 0 Å². The van der Waals surface area contributed by atoms with E-state index in [1.165, 1.54) is 84.5 Å². The average Bonchev–Trinajstić information content (AvgIpc) is 2.40. The number of hydrogen-bond acceptors (Lipinski definition) is 3. The van der Waals surface area contributed by atoms with Crippen molar-refractivity contribution in [3.8, 4) is 0 Å². The quantitative estimate of drug-likeness (QED) is 0.768. The van der Waals surface area contributed by atoms with Gasteiger partial charge in [0.25, 0.3) is 0 Å². The van der Waals surface area contributed by atoms with Crippen LogP contribution in [-0.2, 0) is 0 Å². The van der Waals surface area contributed by atoms with E-state index in [1.54, 1.807) is 0 Å². The van der Waals surface area contributed by atoms with Crippen LogP contribution in [0.3, 0.4) is 0 Å². The van der Waals surface area contributed by atoms with Crippen LogP contribution >= 0.6 is 0 Å². The Bertz CT molecular complexity index is 261. The molecule has 1 aliphatic carbocycles. The second kappa shape index (κ2) is 6.55. The molecule has 0 aromatic rings. The molecule has 2 aliphatic heterocycles. The molecule has 3 heteroatoms. The van der Waals surface area contributed by atoms with Crippen LogP contribution in [0.1, 0.15) is 39.0 Å². The first-order valence-electron chi connectivity index (χ1n) is 8.54. The molecule has 0 N–H and O–H groups in total. The maximum absolute atomic E-state index is 2.75. The number of hydrogen-bond donors (Lipinski definition) is 0. The monoisotopic (exact) mass is 265 g/mol. The van der Waals surface area contributed by atoms with E-state index >= 15 is 0 Å². The molecule has 0 amide bonds. The first-order chi connectivity index (χ1) is 9.35. The molecule has 3 fully saturated rings. The van der Waals surface area contributed by atoms with Gasteiger partial charge < -0.3 is 9.80 Å². The molecule has 0 atom stereocenters. The summed E-state index contributed by atoms with van der Waals surface area (Å²) in [5.74, 6) is 0.970. The Hall–Kier alpha value is -0.120. The second-order valence-electron chi connectivity index (χ2n) is 6.80. The number of nitrogens with zero attached hydrogens (tertiary/aromatic N) is 3. The highest BCUT2D eigenvalue weighted by molar-refractivity contribution is 4.85. The summed E-state index contributed by atoms with van der Waals surface area (Å²) in [4.78, 5) is 8.09. The highest BCUT2D eigenvalue weighted by Crippen LogP contribution is 2.26. The Kier molecular flexibility index (Phi) is 4.78. The molecule has 0 spiro atoms. The first kappa shape index (κ1) is 13.8. The van der Waals surface area contributed by atoms with Crippen LogP contribution in [0.15, 0.2) is 0 Å². The molecule has 0 unspecified atom stereocenters. The summed E-state index contributed by atoms with van der Waals surface area (Å²) in [5, 5.41) is 0. The Labute approximate surface area is 118 Å². The normalized spacial score (nSPS) is 29.5. The molecule has 1 saturated carbocycles. The van der Waals surface area contributed by atoms with Crippen LogP contribution in [-0.4, -0.2) is 73.1 Å². The van der Waals surface area contributed by atoms with E-state index in [9.17, 15) is 0 Å². The summed E-state index contributed by atoms with van der Waals surface area (Å²) in [6.07, 6.45) is 7.26. The Morgan fingerprint density at radius 1 is 0.789 bits per heavy atom. The highest BCUT2D eigenvalue weighted by atomic mass is 15.3. The Balaban J connectivity index is 1.35. The lowest BCUT2D eigenvalue weighted by atomic mass is 9.91. The van der Waals surface area contributed by atoms with E-state index in [2.05, 4.69) is 21.6 Å². The number of likely N-dealkylation sites (tertiary alicyclic amines) is 1. The summed E-state index contributed by atoms with van der Waals surface area (Å²) in [7, 11) is 0. The fraction of sp³-hybridized carbons (Fsp3) is 1.00. The third-order valence-electron chi connectivity index (χ3n) is 5.67. The van der Waals surface area contributed by atoms with Crippen molar-refractivity contribution in [2.75, 3.05) is 52.4 Å². The molecule has 0 aromatic heterocycles. The van der Waals surface area contributed by atoms with Gasteiger partial charge in [0.15, 0.2) is 0 Å². The summed E-state index contributed by atoms with van der Waals surface area (Å²) >= 11 is 0. The average molecular weight is 265 g/mol. The fourth-order valence-electron chi connectivity index (χ4n) is 3.91. The van der Waals surface area contributed by atoms with Crippen molar-refractivity contribution in [1.82, 2.24) is 14.7 Å². The Morgan fingerprint density at radius 3 is 2.00 bits per heavy atom. The predicted octanol–water partition coefficient (Wildman–Crippen LogP) is 1.89. The maximum atomic E-state index is 2.75. The molecule has 3 rings (SSSR count). The van der Waals surface area contributed by atoms with Crippen LogP contribution in [0.5, 0.6) is 0 Å². The SMILES string of the molecule is CCN1CCC(CN2CCN(C3CCC3)CC2)CC1. The van der Waals surface area contributed by atoms with Crippen molar-refractivity contribution in [3.63, 3.8) is 0 Å². The van der Waals surface area contributed by atoms with Crippen molar-refractivity contribution in [2.45, 2.75) is 45.1 Å². The lowest BCUT2D eigenvalue weighted by molar-refractivity contribution is 0.0485. The molecule has 2 saturated heterocycles. The third-order valence-corrected chi connectivity index (χ3v) is 5.67. The second-order valence-corrected chi connectivity index (χ2v) is 6.80. The van der Waals surface area contributed by atoms with E-state index in [4.69, 9.17) is 0 Å². The largest absolute Gasteiger partial charge is 0.304 e. The minimum Gasteiger partial charge on any atom is -0.304 e. The van der Waals surface area contributed by atoms with Gasteiger partial charge in [-0.05, 0) is 51.2 Å². The number of piperazine rings is 1. The van der Waals surface area contributed by atoms with Gasteiger partial charge in [-0.3, -0.25) is 4.90 Å². The lowest BCUT2D eigenvalue weighted by Crippen LogP contribution is -2.53. The molecule has 0 bridgehead atoms. The summed E-state index contributed by atoms with van der Waals surface area (Å²) in [6.45, 7) is 12.9. The third kappa shape index (κ3) is 3.50. The molecular weight excluding hydrogens is 234 g/mol. The van der Waals surface area contributed by atoms with Crippen molar-refractivity contribution in [1.29, 1.82) is 0 Å². The van der Waals surface area contributed by atoms with Gasteiger partial charge in [0.05, 0.1) is 0 Å². The van der Waals surface area contributed by atoms with Gasteiger partial charge >= 0.3 is 0 Å². The van der Waals surface area contributed by atoms with Crippen LogP contribution < -0.4 is 0 Å². The van der Waals surface area contributed by atoms with E-state index in [0.29, 0.717) is 0 Å². The van der Waals surface area contributed by atoms with Crippen molar-refractivity contribution >= 4 is 0 Å². The first-order valence-corrected chi connectivity index (χ1v) is 8.54. The molecule has 110 valence electrons. The molecule has 3 aliphatic rings. The standard InChI is InChI=1S/C16H31N3/c1-2-17-8-6-15(7-9-17)14-18-10-12-19(13-11-18)16-4-3-5-16/h15-16H,2-14H2,1H3. The number of rotatable bonds is 4. The molecule has 2 heterocycles. The Morgan fingerprint density at radius 2 is 1.47 bits per heavy atom. The molecule has 3 nitrogen and oxygen atoms in total. The highest BCUT2D eigenvalue weighted by Gasteiger charge is 2.29. The summed E-state index contributed by atoms with van der Waals surface area (Å²) in [5.41, 5.74) is 0. The van der Waals surface area contributed by atoms with Crippen LogP contribution in [0.2, 0.25) is 0 Å². The van der Waals surface area contributed by atoms with Crippen LogP contribution in [0.4, 0.5) is 0 Å². The van der Waals surface area contributed by atoms with Gasteiger partial charge in [-0.1, -0.05) is 13.3 Å². The van der Waals surface area contributed by atoms with Crippen molar-refractivity contribution < 1.29 is 0 Å². The predicted molar refractivity (Wildman–Crippen MR) is 80.5 cm³/mol. The van der Waals surface area contributed by atoms with E-state index < -0.39 is 0 Å². The molecule has 0 aromatic carbocycles. The molecule has 19 heavy (non-hydrogen) atoms. The summed E-state index contributed by atoms with van der Waals surface area (Å²) in [6, 6.07) is 0.954. The van der Waals surface area contributed by atoms with Gasteiger partial charge in [0, 0.05) is 38.8 Å². The van der Waals surface area contributed by atoms with E-state index in [-0.39, 0.29) is 0 Å². The zero-order valence-corrected chi connectivity index (χ0v) is 12.7. The molecule has 0 radical (unpaired) electrons.